The minimum absolute atomic E-state index is 0.968. The summed E-state index contributed by atoms with van der Waals surface area (Å²) in [5.41, 5.74) is 0.968. The first kappa shape index (κ1) is 6.80. The van der Waals surface area contributed by atoms with Crippen molar-refractivity contribution in [3.05, 3.63) is 41.0 Å². The number of rotatable bonds is 0. The van der Waals surface area contributed by atoms with Crippen molar-refractivity contribution in [2.75, 3.05) is 0 Å². The predicted octanol–water partition coefficient (Wildman–Crippen LogP) is 2.80. The highest BCUT2D eigenvalue weighted by Crippen LogP contribution is 2.19. The zero-order chi connectivity index (χ0) is 7.68. The van der Waals surface area contributed by atoms with Crippen molar-refractivity contribution < 1.29 is 0 Å². The number of nitrogens with zero attached hydrogens (tertiary/aromatic N) is 1. The van der Waals surface area contributed by atoms with Crippen LogP contribution in [-0.2, 0) is 0 Å². The van der Waals surface area contributed by atoms with E-state index in [9.17, 15) is 0 Å². The molecule has 0 unspecified atom stereocenters. The molecule has 0 spiro atoms. The van der Waals surface area contributed by atoms with Gasteiger partial charge in [0.15, 0.2) is 0 Å². The van der Waals surface area contributed by atoms with Crippen LogP contribution in [0.15, 0.2) is 34.9 Å². The minimum Gasteiger partial charge on any atom is -0.255 e. The van der Waals surface area contributed by atoms with Crippen LogP contribution in [0.3, 0.4) is 0 Å². The first-order valence-electron chi connectivity index (χ1n) is 3.29. The van der Waals surface area contributed by atoms with Gasteiger partial charge in [0, 0.05) is 16.1 Å². The second-order valence-corrected chi connectivity index (χ2v) is 3.08. The molecular formula is C9H5BrN. The molecule has 0 bridgehead atoms. The molecule has 0 amide bonds. The third kappa shape index (κ3) is 1.14. The summed E-state index contributed by atoms with van der Waals surface area (Å²) in [6, 6.07) is 10.9. The monoisotopic (exact) mass is 206 g/mol. The summed E-state index contributed by atoms with van der Waals surface area (Å²) in [7, 11) is 0. The number of hydrogen-bond acceptors (Lipinski definition) is 1. The van der Waals surface area contributed by atoms with E-state index in [4.69, 9.17) is 0 Å². The van der Waals surface area contributed by atoms with Crippen LogP contribution < -0.4 is 0 Å². The lowest BCUT2D eigenvalue weighted by molar-refractivity contribution is 1.40. The molecular weight excluding hydrogens is 202 g/mol. The van der Waals surface area contributed by atoms with Crippen LogP contribution in [-0.4, -0.2) is 4.98 Å². The summed E-state index contributed by atoms with van der Waals surface area (Å²) in [5, 5.41) is 1.04. The van der Waals surface area contributed by atoms with E-state index in [0.29, 0.717) is 0 Å². The second-order valence-electron chi connectivity index (χ2n) is 2.23. The molecule has 0 atom stereocenters. The maximum Gasteiger partial charge on any atom is 0.0850 e. The molecule has 0 aliphatic rings. The highest BCUT2D eigenvalue weighted by Gasteiger charge is 1.95. The Morgan fingerprint density at radius 2 is 2.27 bits per heavy atom. The summed E-state index contributed by atoms with van der Waals surface area (Å²) in [6.07, 6.45) is 1.74. The molecule has 1 aromatic carbocycles. The summed E-state index contributed by atoms with van der Waals surface area (Å²) in [4.78, 5) is 4.20. The van der Waals surface area contributed by atoms with Crippen molar-refractivity contribution in [3.63, 3.8) is 0 Å². The fourth-order valence-corrected chi connectivity index (χ4v) is 1.47. The molecule has 1 aromatic heterocycles. The maximum absolute atomic E-state index is 4.20. The average Bonchev–Trinajstić information content (AvgIpc) is 2.06. The predicted molar refractivity (Wildman–Crippen MR) is 48.3 cm³/mol. The third-order valence-electron chi connectivity index (χ3n) is 1.50. The third-order valence-corrected chi connectivity index (χ3v) is 2.14. The molecule has 11 heavy (non-hydrogen) atoms. The number of hydrogen-bond donors (Lipinski definition) is 0. The standard InChI is InChI=1S/C9H5BrN/c10-8-5-1-3-7-4-2-6-11-9(7)8/h1-3,5-6H. The van der Waals surface area contributed by atoms with E-state index in [1.807, 2.05) is 24.3 Å². The first-order chi connectivity index (χ1) is 5.38. The largest absolute Gasteiger partial charge is 0.255 e. The molecule has 0 N–H and O–H groups in total. The topological polar surface area (TPSA) is 12.9 Å². The molecule has 0 fully saturated rings. The van der Waals surface area contributed by atoms with Gasteiger partial charge >= 0.3 is 0 Å². The molecule has 0 saturated heterocycles. The van der Waals surface area contributed by atoms with Gasteiger partial charge < -0.3 is 0 Å². The van der Waals surface area contributed by atoms with Gasteiger partial charge in [-0.2, -0.15) is 0 Å². The maximum atomic E-state index is 4.20. The summed E-state index contributed by atoms with van der Waals surface area (Å²) in [6.45, 7) is 0. The van der Waals surface area contributed by atoms with Gasteiger partial charge in [0.1, 0.15) is 0 Å². The molecule has 2 heteroatoms. The first-order valence-corrected chi connectivity index (χ1v) is 4.08. The summed E-state index contributed by atoms with van der Waals surface area (Å²) >= 11 is 3.41. The van der Waals surface area contributed by atoms with Crippen LogP contribution >= 0.6 is 15.9 Å². The van der Waals surface area contributed by atoms with Gasteiger partial charge in [0.2, 0.25) is 0 Å². The van der Waals surface area contributed by atoms with Crippen molar-refractivity contribution in [3.8, 4) is 0 Å². The molecule has 0 aliphatic heterocycles. The molecule has 2 aromatic rings. The number of aromatic nitrogens is 1. The molecule has 0 saturated carbocycles. The number of para-hydroxylation sites is 1. The van der Waals surface area contributed by atoms with Crippen LogP contribution in [0.2, 0.25) is 0 Å². The number of halogens is 1. The zero-order valence-corrected chi connectivity index (χ0v) is 7.30. The lowest BCUT2D eigenvalue weighted by Crippen LogP contribution is -1.77. The fourth-order valence-electron chi connectivity index (χ4n) is 1.00. The number of benzene rings is 1. The highest BCUT2D eigenvalue weighted by molar-refractivity contribution is 9.10. The van der Waals surface area contributed by atoms with Gasteiger partial charge in [-0.05, 0) is 34.1 Å². The van der Waals surface area contributed by atoms with Crippen LogP contribution in [0.5, 0.6) is 0 Å². The van der Waals surface area contributed by atoms with E-state index in [0.717, 1.165) is 15.4 Å². The molecule has 0 aliphatic carbocycles. The van der Waals surface area contributed by atoms with Crippen LogP contribution in [0.1, 0.15) is 0 Å². The second kappa shape index (κ2) is 2.62. The van der Waals surface area contributed by atoms with Crippen LogP contribution in [0.25, 0.3) is 10.9 Å². The van der Waals surface area contributed by atoms with Crippen LogP contribution in [0, 0.1) is 6.07 Å². The Morgan fingerprint density at radius 1 is 1.36 bits per heavy atom. The van der Waals surface area contributed by atoms with Gasteiger partial charge in [-0.1, -0.05) is 12.1 Å². The Hall–Kier alpha value is -0.890. The quantitative estimate of drug-likeness (QED) is 0.647. The number of fused-ring (bicyclic) bond motifs is 1. The smallest absolute Gasteiger partial charge is 0.0850 e. The highest BCUT2D eigenvalue weighted by atomic mass is 79.9. The molecule has 1 nitrogen and oxygen atoms in total. The summed E-state index contributed by atoms with van der Waals surface area (Å²) in [5.74, 6) is 0. The average molecular weight is 207 g/mol. The minimum atomic E-state index is 0.968. The van der Waals surface area contributed by atoms with Crippen molar-refractivity contribution >= 4 is 26.8 Å². The lowest BCUT2D eigenvalue weighted by Gasteiger charge is -1.95. The zero-order valence-electron chi connectivity index (χ0n) is 5.71. The van der Waals surface area contributed by atoms with Gasteiger partial charge in [-0.3, -0.25) is 4.98 Å². The molecule has 1 radical (unpaired) electrons. The van der Waals surface area contributed by atoms with Crippen molar-refractivity contribution in [1.29, 1.82) is 0 Å². The molecule has 1 heterocycles. The van der Waals surface area contributed by atoms with Crippen molar-refractivity contribution in [2.24, 2.45) is 0 Å². The Kier molecular flexibility index (Phi) is 1.62. The Morgan fingerprint density at radius 3 is 3.09 bits per heavy atom. The fraction of sp³-hybridized carbons (Fsp3) is 0. The Bertz CT molecular complexity index is 379. The Balaban J connectivity index is 2.91. The van der Waals surface area contributed by atoms with E-state index < -0.39 is 0 Å². The van der Waals surface area contributed by atoms with Gasteiger partial charge in [0.05, 0.1) is 5.52 Å². The van der Waals surface area contributed by atoms with Gasteiger partial charge in [-0.15, -0.1) is 0 Å². The van der Waals surface area contributed by atoms with Crippen molar-refractivity contribution in [1.82, 2.24) is 4.98 Å². The van der Waals surface area contributed by atoms with Gasteiger partial charge in [-0.25, -0.2) is 0 Å². The SMILES string of the molecule is Brc1cccc2[c]ccnc12. The van der Waals surface area contributed by atoms with Gasteiger partial charge in [0.25, 0.3) is 0 Å². The van der Waals surface area contributed by atoms with E-state index >= 15 is 0 Å². The van der Waals surface area contributed by atoms with E-state index in [-0.39, 0.29) is 0 Å². The van der Waals surface area contributed by atoms with Crippen molar-refractivity contribution in [2.45, 2.75) is 0 Å². The summed E-state index contributed by atoms with van der Waals surface area (Å²) < 4.78 is 1.02. The Labute approximate surface area is 73.2 Å². The van der Waals surface area contributed by atoms with E-state index in [1.165, 1.54) is 0 Å². The molecule has 2 rings (SSSR count). The number of pyridine rings is 1. The van der Waals surface area contributed by atoms with Crippen LogP contribution in [0.4, 0.5) is 0 Å². The van der Waals surface area contributed by atoms with E-state index in [1.54, 1.807) is 6.20 Å². The molecule has 53 valence electrons. The lowest BCUT2D eigenvalue weighted by atomic mass is 10.2. The normalized spacial score (nSPS) is 10.3. The van der Waals surface area contributed by atoms with E-state index in [2.05, 4.69) is 27.0 Å².